The molecule has 0 bridgehead atoms. The number of carbonyl (C=O) groups excluding carboxylic acids is 1. The Balaban J connectivity index is 1.26. The number of aryl methyl sites for hydroxylation is 1. The quantitative estimate of drug-likeness (QED) is 0.253. The van der Waals surface area contributed by atoms with Crippen LogP contribution >= 0.6 is 0 Å². The number of aromatic amines is 1. The van der Waals surface area contributed by atoms with E-state index in [4.69, 9.17) is 9.15 Å². The van der Waals surface area contributed by atoms with E-state index in [1.807, 2.05) is 61.5 Å². The lowest BCUT2D eigenvalue weighted by atomic mass is 10.00. The van der Waals surface area contributed by atoms with E-state index in [2.05, 4.69) is 10.3 Å². The van der Waals surface area contributed by atoms with Crippen LogP contribution in [0.25, 0.3) is 21.9 Å². The first-order valence-corrected chi connectivity index (χ1v) is 12.2. The van der Waals surface area contributed by atoms with Crippen LogP contribution in [0.15, 0.2) is 88.2 Å². The number of ether oxygens (including phenoxy) is 1. The van der Waals surface area contributed by atoms with Crippen LogP contribution in [0.5, 0.6) is 5.75 Å². The molecule has 0 saturated carbocycles. The molecule has 3 aromatic carbocycles. The molecule has 1 atom stereocenters. The van der Waals surface area contributed by atoms with Crippen LogP contribution in [-0.4, -0.2) is 34.6 Å². The van der Waals surface area contributed by atoms with Gasteiger partial charge in [0.25, 0.3) is 5.91 Å². The van der Waals surface area contributed by atoms with Crippen molar-refractivity contribution in [1.29, 1.82) is 0 Å². The molecule has 8 heteroatoms. The predicted molar refractivity (Wildman–Crippen MR) is 144 cm³/mol. The number of H-pyrrole nitrogens is 1. The number of aromatic nitrogens is 1. The van der Waals surface area contributed by atoms with Gasteiger partial charge in [0.15, 0.2) is 6.61 Å². The maximum atomic E-state index is 12.7. The largest absolute Gasteiger partial charge is 0.484 e. The predicted octanol–water partition coefficient (Wildman–Crippen LogP) is 4.36. The van der Waals surface area contributed by atoms with E-state index in [0.29, 0.717) is 23.3 Å². The molecular formula is C30H26N2O6. The molecule has 8 nitrogen and oxygen atoms in total. The molecule has 2 aromatic heterocycles. The van der Waals surface area contributed by atoms with Crippen molar-refractivity contribution in [1.82, 2.24) is 10.3 Å². The minimum atomic E-state index is -1.14. The van der Waals surface area contributed by atoms with Crippen molar-refractivity contribution in [2.45, 2.75) is 25.8 Å². The summed E-state index contributed by atoms with van der Waals surface area (Å²) >= 11 is 0. The van der Waals surface area contributed by atoms with Crippen molar-refractivity contribution >= 4 is 33.7 Å². The second-order valence-corrected chi connectivity index (χ2v) is 9.12. The van der Waals surface area contributed by atoms with E-state index < -0.39 is 30.2 Å². The van der Waals surface area contributed by atoms with Crippen LogP contribution in [0, 0.1) is 6.92 Å². The number of amides is 1. The maximum Gasteiger partial charge on any atom is 0.340 e. The van der Waals surface area contributed by atoms with Gasteiger partial charge >= 0.3 is 11.6 Å². The Morgan fingerprint density at radius 1 is 1.03 bits per heavy atom. The lowest BCUT2D eigenvalue weighted by Crippen LogP contribution is -2.44. The monoisotopic (exact) mass is 510 g/mol. The van der Waals surface area contributed by atoms with E-state index in [-0.39, 0.29) is 6.42 Å². The summed E-state index contributed by atoms with van der Waals surface area (Å²) < 4.78 is 11.2. The summed E-state index contributed by atoms with van der Waals surface area (Å²) in [6.45, 7) is 1.49. The van der Waals surface area contributed by atoms with Gasteiger partial charge in [0, 0.05) is 47.0 Å². The number of carboxylic acids is 1. The highest BCUT2D eigenvalue weighted by molar-refractivity contribution is 5.87. The van der Waals surface area contributed by atoms with E-state index in [0.717, 1.165) is 33.0 Å². The molecule has 5 rings (SSSR count). The van der Waals surface area contributed by atoms with Crippen LogP contribution < -0.4 is 15.7 Å². The van der Waals surface area contributed by atoms with Crippen LogP contribution in [0.3, 0.4) is 0 Å². The number of para-hydroxylation sites is 1. The number of benzene rings is 3. The Hall–Kier alpha value is -4.85. The highest BCUT2D eigenvalue weighted by Gasteiger charge is 2.22. The van der Waals surface area contributed by atoms with Crippen LogP contribution in [0.1, 0.15) is 22.3 Å². The Morgan fingerprint density at radius 2 is 1.79 bits per heavy atom. The Bertz CT molecular complexity index is 1690. The van der Waals surface area contributed by atoms with Gasteiger partial charge in [0.05, 0.1) is 0 Å². The number of carbonyl (C=O) groups is 2. The SMILES string of the molecule is Cc1c(Cc2ccccc2)c(=O)oc2cc(OCC(=O)NC(Cc3c[nH]c4ccccc34)C(=O)O)ccc12. The third kappa shape index (κ3) is 5.29. The van der Waals surface area contributed by atoms with Crippen molar-refractivity contribution in [3.8, 4) is 5.75 Å². The number of hydrogen-bond donors (Lipinski definition) is 3. The molecule has 192 valence electrons. The normalized spacial score (nSPS) is 11.9. The summed E-state index contributed by atoms with van der Waals surface area (Å²) in [5.41, 5.74) is 4.04. The van der Waals surface area contributed by atoms with E-state index >= 15 is 0 Å². The molecule has 3 N–H and O–H groups in total. The molecule has 2 heterocycles. The Morgan fingerprint density at radius 3 is 2.58 bits per heavy atom. The molecule has 1 unspecified atom stereocenters. The zero-order chi connectivity index (χ0) is 26.6. The van der Waals surface area contributed by atoms with Gasteiger partial charge in [-0.3, -0.25) is 4.79 Å². The average molecular weight is 511 g/mol. The smallest absolute Gasteiger partial charge is 0.340 e. The number of carboxylic acid groups (broad SMARTS) is 1. The zero-order valence-electron chi connectivity index (χ0n) is 20.7. The van der Waals surface area contributed by atoms with Gasteiger partial charge in [0.2, 0.25) is 0 Å². The molecule has 0 fully saturated rings. The average Bonchev–Trinajstić information content (AvgIpc) is 3.32. The van der Waals surface area contributed by atoms with Crippen molar-refractivity contribution in [2.75, 3.05) is 6.61 Å². The lowest BCUT2D eigenvalue weighted by Gasteiger charge is -2.15. The van der Waals surface area contributed by atoms with Gasteiger partial charge in [-0.05, 0) is 41.8 Å². The standard InChI is InChI=1S/C30H26N2O6/c1-18-22-12-11-21(15-27(22)38-30(36)24(18)13-19-7-3-2-4-8-19)37-17-28(33)32-26(29(34)35)14-20-16-31-25-10-6-5-9-23(20)25/h2-12,15-16,26,31H,13-14,17H2,1H3,(H,32,33)(H,34,35). The third-order valence-electron chi connectivity index (χ3n) is 6.58. The van der Waals surface area contributed by atoms with Gasteiger partial charge in [-0.2, -0.15) is 0 Å². The second kappa shape index (κ2) is 10.6. The number of fused-ring (bicyclic) bond motifs is 2. The molecule has 0 spiro atoms. The number of nitrogens with one attached hydrogen (secondary N) is 2. The summed E-state index contributed by atoms with van der Waals surface area (Å²) in [5.74, 6) is -1.39. The molecule has 0 saturated heterocycles. The van der Waals surface area contributed by atoms with Crippen molar-refractivity contribution in [2.24, 2.45) is 0 Å². The molecule has 5 aromatic rings. The fourth-order valence-electron chi connectivity index (χ4n) is 4.57. The first kappa shape index (κ1) is 24.8. The van der Waals surface area contributed by atoms with Gasteiger partial charge in [-0.1, -0.05) is 48.5 Å². The van der Waals surface area contributed by atoms with Crippen LogP contribution in [-0.2, 0) is 22.4 Å². The van der Waals surface area contributed by atoms with Crippen molar-refractivity contribution < 1.29 is 23.8 Å². The fraction of sp³-hybridized carbons (Fsp3) is 0.167. The van der Waals surface area contributed by atoms with E-state index in [1.165, 1.54) is 0 Å². The summed E-state index contributed by atoms with van der Waals surface area (Å²) in [4.78, 5) is 40.2. The van der Waals surface area contributed by atoms with Gasteiger partial charge in [-0.15, -0.1) is 0 Å². The minimum absolute atomic E-state index is 0.122. The molecular weight excluding hydrogens is 484 g/mol. The first-order chi connectivity index (χ1) is 18.4. The first-order valence-electron chi connectivity index (χ1n) is 12.2. The number of aliphatic carboxylic acids is 1. The van der Waals surface area contributed by atoms with Gasteiger partial charge < -0.3 is 24.6 Å². The number of hydrogen-bond acceptors (Lipinski definition) is 5. The minimum Gasteiger partial charge on any atom is -0.484 e. The summed E-state index contributed by atoms with van der Waals surface area (Å²) in [5, 5.41) is 13.9. The second-order valence-electron chi connectivity index (χ2n) is 9.12. The van der Waals surface area contributed by atoms with E-state index in [1.54, 1.807) is 24.4 Å². The van der Waals surface area contributed by atoms with Gasteiger partial charge in [-0.25, -0.2) is 9.59 Å². The third-order valence-corrected chi connectivity index (χ3v) is 6.58. The molecule has 38 heavy (non-hydrogen) atoms. The molecule has 0 aliphatic rings. The molecule has 1 amide bonds. The molecule has 0 aliphatic heterocycles. The molecule has 0 radical (unpaired) electrons. The van der Waals surface area contributed by atoms with Crippen LogP contribution in [0.4, 0.5) is 0 Å². The summed E-state index contributed by atoms with van der Waals surface area (Å²) in [7, 11) is 0. The van der Waals surface area contributed by atoms with E-state index in [9.17, 15) is 19.5 Å². The molecule has 0 aliphatic carbocycles. The van der Waals surface area contributed by atoms with Crippen molar-refractivity contribution in [3.63, 3.8) is 0 Å². The maximum absolute atomic E-state index is 12.7. The highest BCUT2D eigenvalue weighted by atomic mass is 16.5. The fourth-order valence-corrected chi connectivity index (χ4v) is 4.57. The summed E-state index contributed by atoms with van der Waals surface area (Å²) in [6.07, 6.45) is 2.34. The van der Waals surface area contributed by atoms with Gasteiger partial charge in [0.1, 0.15) is 17.4 Å². The van der Waals surface area contributed by atoms with Crippen LogP contribution in [0.2, 0.25) is 0 Å². The highest BCUT2D eigenvalue weighted by Crippen LogP contribution is 2.25. The topological polar surface area (TPSA) is 122 Å². The summed E-state index contributed by atoms with van der Waals surface area (Å²) in [6, 6.07) is 21.2. The zero-order valence-corrected chi connectivity index (χ0v) is 20.7. The lowest BCUT2D eigenvalue weighted by molar-refractivity contribution is -0.142. The van der Waals surface area contributed by atoms with Crippen molar-refractivity contribution in [3.05, 3.63) is 112 Å². The Labute approximate surface area is 217 Å². The number of rotatable bonds is 9. The Kier molecular flexibility index (Phi) is 6.95.